The van der Waals surface area contributed by atoms with E-state index in [2.05, 4.69) is 11.8 Å². The van der Waals surface area contributed by atoms with Crippen molar-refractivity contribution < 1.29 is 14.2 Å². The van der Waals surface area contributed by atoms with Crippen LogP contribution < -0.4 is 10.5 Å². The van der Waals surface area contributed by atoms with E-state index in [0.29, 0.717) is 0 Å². The van der Waals surface area contributed by atoms with E-state index in [9.17, 15) is 0 Å². The molecular formula is C16H26N2O3. The van der Waals surface area contributed by atoms with Crippen LogP contribution in [-0.2, 0) is 9.47 Å². The summed E-state index contributed by atoms with van der Waals surface area (Å²) in [6, 6.07) is 8.11. The Kier molecular flexibility index (Phi) is 5.58. The van der Waals surface area contributed by atoms with Gasteiger partial charge in [-0.25, -0.2) is 0 Å². The van der Waals surface area contributed by atoms with Crippen LogP contribution in [0.5, 0.6) is 5.75 Å². The molecule has 4 atom stereocenters. The predicted molar refractivity (Wildman–Crippen MR) is 82.6 cm³/mol. The van der Waals surface area contributed by atoms with Crippen molar-refractivity contribution in [1.82, 2.24) is 4.90 Å². The highest BCUT2D eigenvalue weighted by Crippen LogP contribution is 2.25. The first-order valence-electron chi connectivity index (χ1n) is 7.29. The van der Waals surface area contributed by atoms with Crippen molar-refractivity contribution in [1.29, 1.82) is 0 Å². The predicted octanol–water partition coefficient (Wildman–Crippen LogP) is 1.43. The summed E-state index contributed by atoms with van der Waals surface area (Å²) < 4.78 is 16.2. The zero-order chi connectivity index (χ0) is 15.4. The van der Waals surface area contributed by atoms with E-state index in [4.69, 9.17) is 19.9 Å². The molecule has 0 radical (unpaired) electrons. The quantitative estimate of drug-likeness (QED) is 0.860. The standard InChI is InChI=1S/C16H26N2O3/c1-11(18-9-14(20-3)15(10-18)21-4)16(17)12-5-7-13(19-2)8-6-12/h5-8,11,14-16H,9-10,17H2,1-4H3. The molecule has 0 saturated carbocycles. The van der Waals surface area contributed by atoms with Crippen LogP contribution in [-0.4, -0.2) is 57.6 Å². The van der Waals surface area contributed by atoms with Crippen molar-refractivity contribution in [2.75, 3.05) is 34.4 Å². The molecule has 1 aromatic carbocycles. The molecule has 0 spiro atoms. The average Bonchev–Trinajstić information content (AvgIpc) is 2.96. The second-order valence-corrected chi connectivity index (χ2v) is 5.54. The fourth-order valence-electron chi connectivity index (χ4n) is 2.89. The first kappa shape index (κ1) is 16.2. The minimum Gasteiger partial charge on any atom is -0.497 e. The Morgan fingerprint density at radius 1 is 1.05 bits per heavy atom. The Morgan fingerprint density at radius 3 is 2.00 bits per heavy atom. The smallest absolute Gasteiger partial charge is 0.118 e. The SMILES string of the molecule is COc1ccc(C(N)C(C)N2CC(OC)C(OC)C2)cc1. The average molecular weight is 294 g/mol. The van der Waals surface area contributed by atoms with Crippen LogP contribution in [0.2, 0.25) is 0 Å². The molecule has 4 unspecified atom stereocenters. The van der Waals surface area contributed by atoms with Gasteiger partial charge < -0.3 is 19.9 Å². The molecule has 1 fully saturated rings. The molecule has 0 amide bonds. The highest BCUT2D eigenvalue weighted by Gasteiger charge is 2.36. The number of ether oxygens (including phenoxy) is 3. The maximum Gasteiger partial charge on any atom is 0.118 e. The van der Waals surface area contributed by atoms with Crippen molar-refractivity contribution in [2.24, 2.45) is 5.73 Å². The summed E-state index contributed by atoms with van der Waals surface area (Å²) in [5.74, 6) is 0.846. The molecule has 1 heterocycles. The van der Waals surface area contributed by atoms with E-state index < -0.39 is 0 Å². The van der Waals surface area contributed by atoms with E-state index in [1.807, 2.05) is 24.3 Å². The summed E-state index contributed by atoms with van der Waals surface area (Å²) in [5.41, 5.74) is 7.53. The number of methoxy groups -OCH3 is 3. The van der Waals surface area contributed by atoms with Crippen molar-refractivity contribution in [3.8, 4) is 5.75 Å². The van der Waals surface area contributed by atoms with Gasteiger partial charge in [0.2, 0.25) is 0 Å². The first-order chi connectivity index (χ1) is 10.1. The number of hydrogen-bond acceptors (Lipinski definition) is 5. The second kappa shape index (κ2) is 7.22. The zero-order valence-electron chi connectivity index (χ0n) is 13.3. The Morgan fingerprint density at radius 2 is 1.57 bits per heavy atom. The molecule has 1 aliphatic rings. The third-order valence-corrected chi connectivity index (χ3v) is 4.45. The van der Waals surface area contributed by atoms with Gasteiger partial charge in [-0.1, -0.05) is 12.1 Å². The summed E-state index contributed by atoms with van der Waals surface area (Å²) in [6.45, 7) is 3.85. The van der Waals surface area contributed by atoms with Gasteiger partial charge in [0, 0.05) is 39.4 Å². The normalized spacial score (nSPS) is 25.8. The number of nitrogens with two attached hydrogens (primary N) is 1. The highest BCUT2D eigenvalue weighted by atomic mass is 16.5. The molecule has 2 N–H and O–H groups in total. The molecule has 0 aliphatic carbocycles. The highest BCUT2D eigenvalue weighted by molar-refractivity contribution is 5.29. The largest absolute Gasteiger partial charge is 0.497 e. The van der Waals surface area contributed by atoms with Crippen LogP contribution in [0, 0.1) is 0 Å². The monoisotopic (exact) mass is 294 g/mol. The van der Waals surface area contributed by atoms with Gasteiger partial charge in [0.15, 0.2) is 0 Å². The van der Waals surface area contributed by atoms with Gasteiger partial charge >= 0.3 is 0 Å². The van der Waals surface area contributed by atoms with Crippen LogP contribution in [0.4, 0.5) is 0 Å². The topological polar surface area (TPSA) is 57.0 Å². The van der Waals surface area contributed by atoms with E-state index in [1.54, 1.807) is 21.3 Å². The van der Waals surface area contributed by atoms with Crippen LogP contribution in [0.15, 0.2) is 24.3 Å². The maximum atomic E-state index is 6.42. The Hall–Kier alpha value is -1.14. The van der Waals surface area contributed by atoms with Gasteiger partial charge in [0.1, 0.15) is 5.75 Å². The van der Waals surface area contributed by atoms with Crippen LogP contribution >= 0.6 is 0 Å². The Labute approximate surface area is 127 Å². The molecule has 1 saturated heterocycles. The lowest BCUT2D eigenvalue weighted by atomic mass is 10.0. The summed E-state index contributed by atoms with van der Waals surface area (Å²) in [5, 5.41) is 0. The first-order valence-corrected chi connectivity index (χ1v) is 7.29. The molecule has 5 nitrogen and oxygen atoms in total. The molecule has 0 aromatic heterocycles. The number of rotatable bonds is 6. The van der Waals surface area contributed by atoms with Gasteiger partial charge in [-0.3, -0.25) is 4.90 Å². The van der Waals surface area contributed by atoms with E-state index in [0.717, 1.165) is 24.4 Å². The van der Waals surface area contributed by atoms with E-state index >= 15 is 0 Å². The molecular weight excluding hydrogens is 268 g/mol. The van der Waals surface area contributed by atoms with E-state index in [-0.39, 0.29) is 24.3 Å². The van der Waals surface area contributed by atoms with Crippen LogP contribution in [0.3, 0.4) is 0 Å². The van der Waals surface area contributed by atoms with Gasteiger partial charge in [0.25, 0.3) is 0 Å². The van der Waals surface area contributed by atoms with Crippen molar-refractivity contribution >= 4 is 0 Å². The summed E-state index contributed by atoms with van der Waals surface area (Å²) >= 11 is 0. The van der Waals surface area contributed by atoms with Gasteiger partial charge in [-0.05, 0) is 24.6 Å². The number of benzene rings is 1. The lowest BCUT2D eigenvalue weighted by Gasteiger charge is -2.29. The lowest BCUT2D eigenvalue weighted by Crippen LogP contribution is -2.40. The minimum atomic E-state index is -0.0518. The Bertz CT molecular complexity index is 426. The van der Waals surface area contributed by atoms with Gasteiger partial charge in [-0.2, -0.15) is 0 Å². The molecule has 5 heteroatoms. The lowest BCUT2D eigenvalue weighted by molar-refractivity contribution is -0.00461. The maximum absolute atomic E-state index is 6.42. The van der Waals surface area contributed by atoms with E-state index in [1.165, 1.54) is 0 Å². The van der Waals surface area contributed by atoms with Crippen LogP contribution in [0.1, 0.15) is 18.5 Å². The summed E-state index contributed by atoms with van der Waals surface area (Å²) in [4.78, 5) is 2.33. The van der Waals surface area contributed by atoms with Gasteiger partial charge in [-0.15, -0.1) is 0 Å². The number of hydrogen-bond donors (Lipinski definition) is 1. The van der Waals surface area contributed by atoms with Gasteiger partial charge in [0.05, 0.1) is 19.3 Å². The second-order valence-electron chi connectivity index (χ2n) is 5.54. The third-order valence-electron chi connectivity index (χ3n) is 4.45. The summed E-state index contributed by atoms with van der Waals surface area (Å²) in [6.07, 6.45) is 0.223. The molecule has 21 heavy (non-hydrogen) atoms. The van der Waals surface area contributed by atoms with Crippen molar-refractivity contribution in [2.45, 2.75) is 31.2 Å². The number of likely N-dealkylation sites (tertiary alicyclic amines) is 1. The van der Waals surface area contributed by atoms with Crippen molar-refractivity contribution in [3.63, 3.8) is 0 Å². The number of nitrogens with zero attached hydrogens (tertiary/aromatic N) is 1. The molecule has 1 aliphatic heterocycles. The van der Waals surface area contributed by atoms with Crippen molar-refractivity contribution in [3.05, 3.63) is 29.8 Å². The molecule has 118 valence electrons. The van der Waals surface area contributed by atoms with Crippen LogP contribution in [0.25, 0.3) is 0 Å². The zero-order valence-corrected chi connectivity index (χ0v) is 13.3. The molecule has 1 aromatic rings. The fourth-order valence-corrected chi connectivity index (χ4v) is 2.89. The molecule has 2 rings (SSSR count). The Balaban J connectivity index is 2.03. The minimum absolute atomic E-state index is 0.0518. The summed E-state index contributed by atoms with van der Waals surface area (Å²) in [7, 11) is 5.13. The molecule has 0 bridgehead atoms. The third kappa shape index (κ3) is 3.55. The fraction of sp³-hybridized carbons (Fsp3) is 0.625.